The molecule has 4 heteroatoms. The molecular weight excluding hydrogens is 200 g/mol. The van der Waals surface area contributed by atoms with Gasteiger partial charge < -0.3 is 10.3 Å². The molecule has 0 radical (unpaired) electrons. The van der Waals surface area contributed by atoms with Crippen molar-refractivity contribution in [3.63, 3.8) is 0 Å². The van der Waals surface area contributed by atoms with Gasteiger partial charge in [0.05, 0.1) is 6.54 Å². The van der Waals surface area contributed by atoms with Crippen LogP contribution in [-0.4, -0.2) is 34.1 Å². The summed E-state index contributed by atoms with van der Waals surface area (Å²) in [5, 5.41) is 0. The lowest BCUT2D eigenvalue weighted by atomic mass is 10.1. The van der Waals surface area contributed by atoms with E-state index >= 15 is 0 Å². The molecule has 16 heavy (non-hydrogen) atoms. The first-order valence-electron chi connectivity index (χ1n) is 6.03. The summed E-state index contributed by atoms with van der Waals surface area (Å²) < 4.78 is 2.05. The minimum atomic E-state index is 0.283. The van der Waals surface area contributed by atoms with Crippen LogP contribution in [0.25, 0.3) is 0 Å². The number of hydrogen-bond acceptors (Lipinski definition) is 3. The zero-order valence-corrected chi connectivity index (χ0v) is 10.7. The van der Waals surface area contributed by atoms with Gasteiger partial charge in [0.1, 0.15) is 5.82 Å². The van der Waals surface area contributed by atoms with Gasteiger partial charge in [0, 0.05) is 32.0 Å². The smallest absolute Gasteiger partial charge is 0.122 e. The van der Waals surface area contributed by atoms with Gasteiger partial charge in [0.2, 0.25) is 0 Å². The van der Waals surface area contributed by atoms with Crippen molar-refractivity contribution < 1.29 is 0 Å². The first kappa shape index (κ1) is 13.2. The van der Waals surface area contributed by atoms with E-state index in [-0.39, 0.29) is 6.04 Å². The van der Waals surface area contributed by atoms with Crippen LogP contribution in [0.1, 0.15) is 32.0 Å². The number of rotatable bonds is 7. The SMILES string of the molecule is CCCCC(N)CN(C)Cc1nccn1C. The first-order valence-corrected chi connectivity index (χ1v) is 6.03. The second-order valence-electron chi connectivity index (χ2n) is 4.55. The summed E-state index contributed by atoms with van der Waals surface area (Å²) >= 11 is 0. The molecule has 0 amide bonds. The van der Waals surface area contributed by atoms with Crippen molar-refractivity contribution in [2.24, 2.45) is 12.8 Å². The van der Waals surface area contributed by atoms with Crippen LogP contribution in [0.2, 0.25) is 0 Å². The zero-order valence-electron chi connectivity index (χ0n) is 10.7. The highest BCUT2D eigenvalue weighted by molar-refractivity contribution is 4.90. The molecule has 0 aliphatic carbocycles. The predicted molar refractivity (Wildman–Crippen MR) is 67.0 cm³/mol. The first-order chi connectivity index (χ1) is 7.63. The van der Waals surface area contributed by atoms with E-state index in [4.69, 9.17) is 5.73 Å². The Morgan fingerprint density at radius 3 is 2.88 bits per heavy atom. The van der Waals surface area contributed by atoms with Gasteiger partial charge in [0.25, 0.3) is 0 Å². The summed E-state index contributed by atoms with van der Waals surface area (Å²) in [5.41, 5.74) is 6.06. The number of imidazole rings is 1. The molecule has 92 valence electrons. The molecule has 0 spiro atoms. The van der Waals surface area contributed by atoms with E-state index in [0.717, 1.165) is 25.3 Å². The highest BCUT2D eigenvalue weighted by atomic mass is 15.2. The van der Waals surface area contributed by atoms with E-state index in [1.807, 2.05) is 24.0 Å². The molecule has 1 rings (SSSR count). The molecule has 0 saturated heterocycles. The molecule has 0 fully saturated rings. The molecule has 0 bridgehead atoms. The lowest BCUT2D eigenvalue weighted by Crippen LogP contribution is -2.35. The van der Waals surface area contributed by atoms with E-state index in [1.165, 1.54) is 12.8 Å². The zero-order chi connectivity index (χ0) is 12.0. The van der Waals surface area contributed by atoms with Crippen molar-refractivity contribution >= 4 is 0 Å². The molecule has 0 aliphatic rings. The van der Waals surface area contributed by atoms with Crippen LogP contribution >= 0.6 is 0 Å². The van der Waals surface area contributed by atoms with E-state index < -0.39 is 0 Å². The van der Waals surface area contributed by atoms with Crippen LogP contribution in [-0.2, 0) is 13.6 Å². The number of nitrogens with two attached hydrogens (primary N) is 1. The molecule has 1 unspecified atom stereocenters. The highest BCUT2D eigenvalue weighted by Crippen LogP contribution is 2.03. The van der Waals surface area contributed by atoms with Gasteiger partial charge in [-0.1, -0.05) is 19.8 Å². The molecule has 0 aromatic carbocycles. The van der Waals surface area contributed by atoms with E-state index in [2.05, 4.69) is 23.9 Å². The van der Waals surface area contributed by atoms with Crippen molar-refractivity contribution in [1.29, 1.82) is 0 Å². The van der Waals surface area contributed by atoms with E-state index in [1.54, 1.807) is 0 Å². The fourth-order valence-corrected chi connectivity index (χ4v) is 1.81. The van der Waals surface area contributed by atoms with Gasteiger partial charge in [-0.2, -0.15) is 0 Å². The predicted octanol–water partition coefficient (Wildman–Crippen LogP) is 1.37. The molecule has 2 N–H and O–H groups in total. The molecule has 1 heterocycles. The maximum absolute atomic E-state index is 6.06. The van der Waals surface area contributed by atoms with Gasteiger partial charge in [0.15, 0.2) is 0 Å². The standard InChI is InChI=1S/C12H24N4/c1-4-5-6-11(13)9-15(2)10-12-14-7-8-16(12)3/h7-8,11H,4-6,9-10,13H2,1-3H3. The third kappa shape index (κ3) is 4.33. The number of aryl methyl sites for hydroxylation is 1. The Bertz CT molecular complexity index is 295. The summed E-state index contributed by atoms with van der Waals surface area (Å²) in [6, 6.07) is 0.283. The summed E-state index contributed by atoms with van der Waals surface area (Å²) in [6.07, 6.45) is 7.36. The van der Waals surface area contributed by atoms with Gasteiger partial charge in [-0.3, -0.25) is 4.90 Å². The van der Waals surface area contributed by atoms with E-state index in [0.29, 0.717) is 0 Å². The summed E-state index contributed by atoms with van der Waals surface area (Å²) in [6.45, 7) is 4.00. The van der Waals surface area contributed by atoms with Crippen molar-refractivity contribution in [3.05, 3.63) is 18.2 Å². The topological polar surface area (TPSA) is 47.1 Å². The normalized spacial score (nSPS) is 13.3. The number of likely N-dealkylation sites (N-methyl/N-ethyl adjacent to an activating group) is 1. The van der Waals surface area contributed by atoms with Gasteiger partial charge in [-0.15, -0.1) is 0 Å². The van der Waals surface area contributed by atoms with Gasteiger partial charge in [-0.05, 0) is 13.5 Å². The second-order valence-corrected chi connectivity index (χ2v) is 4.55. The van der Waals surface area contributed by atoms with Crippen molar-refractivity contribution in [1.82, 2.24) is 14.5 Å². The highest BCUT2D eigenvalue weighted by Gasteiger charge is 2.08. The van der Waals surface area contributed by atoms with Crippen LogP contribution in [0.5, 0.6) is 0 Å². The van der Waals surface area contributed by atoms with Crippen LogP contribution in [0.3, 0.4) is 0 Å². The van der Waals surface area contributed by atoms with Crippen molar-refractivity contribution in [2.45, 2.75) is 38.8 Å². The fraction of sp³-hybridized carbons (Fsp3) is 0.750. The summed E-state index contributed by atoms with van der Waals surface area (Å²) in [7, 11) is 4.12. The van der Waals surface area contributed by atoms with Crippen LogP contribution in [0.4, 0.5) is 0 Å². The number of unbranched alkanes of at least 4 members (excludes halogenated alkanes) is 1. The fourth-order valence-electron chi connectivity index (χ4n) is 1.81. The molecule has 1 atom stereocenters. The molecule has 1 aromatic heterocycles. The minimum absolute atomic E-state index is 0.283. The lowest BCUT2D eigenvalue weighted by molar-refractivity contribution is 0.286. The Labute approximate surface area is 98.5 Å². The molecule has 1 aromatic rings. The average molecular weight is 224 g/mol. The van der Waals surface area contributed by atoms with Crippen LogP contribution in [0.15, 0.2) is 12.4 Å². The number of nitrogens with zero attached hydrogens (tertiary/aromatic N) is 3. The maximum atomic E-state index is 6.06. The van der Waals surface area contributed by atoms with Gasteiger partial charge in [-0.25, -0.2) is 4.98 Å². The largest absolute Gasteiger partial charge is 0.337 e. The number of hydrogen-bond donors (Lipinski definition) is 1. The Kier molecular flexibility index (Phi) is 5.49. The Morgan fingerprint density at radius 2 is 2.31 bits per heavy atom. The third-order valence-electron chi connectivity index (χ3n) is 2.81. The minimum Gasteiger partial charge on any atom is -0.337 e. The molecule has 0 aliphatic heterocycles. The third-order valence-corrected chi connectivity index (χ3v) is 2.81. The summed E-state index contributed by atoms with van der Waals surface area (Å²) in [5.74, 6) is 1.09. The van der Waals surface area contributed by atoms with Crippen LogP contribution < -0.4 is 5.73 Å². The van der Waals surface area contributed by atoms with Crippen LogP contribution in [0, 0.1) is 0 Å². The Balaban J connectivity index is 2.30. The maximum Gasteiger partial charge on any atom is 0.122 e. The average Bonchev–Trinajstić information content (AvgIpc) is 2.61. The lowest BCUT2D eigenvalue weighted by Gasteiger charge is -2.20. The second kappa shape index (κ2) is 6.66. The quantitative estimate of drug-likeness (QED) is 0.761. The number of aromatic nitrogens is 2. The molecule has 0 saturated carbocycles. The monoisotopic (exact) mass is 224 g/mol. The van der Waals surface area contributed by atoms with Crippen molar-refractivity contribution in [2.75, 3.05) is 13.6 Å². The Hall–Kier alpha value is -0.870. The van der Waals surface area contributed by atoms with E-state index in [9.17, 15) is 0 Å². The van der Waals surface area contributed by atoms with Crippen molar-refractivity contribution in [3.8, 4) is 0 Å². The Morgan fingerprint density at radius 1 is 1.56 bits per heavy atom. The molecule has 4 nitrogen and oxygen atoms in total. The summed E-state index contributed by atoms with van der Waals surface area (Å²) in [4.78, 5) is 6.54. The van der Waals surface area contributed by atoms with Gasteiger partial charge >= 0.3 is 0 Å². The molecular formula is C12H24N4.